The molecule has 1 aliphatic rings. The van der Waals surface area contributed by atoms with Crippen LogP contribution in [-0.2, 0) is 16.0 Å². The third kappa shape index (κ3) is 3.52. The summed E-state index contributed by atoms with van der Waals surface area (Å²) in [5, 5.41) is 0. The largest absolute Gasteiger partial charge is 0.378 e. The van der Waals surface area contributed by atoms with Crippen molar-refractivity contribution in [3.63, 3.8) is 0 Å². The third-order valence-corrected chi connectivity index (χ3v) is 3.57. The van der Waals surface area contributed by atoms with E-state index in [1.165, 1.54) is 0 Å². The second-order valence-corrected chi connectivity index (χ2v) is 4.88. The number of nitrogens with two attached hydrogens (primary N) is 1. The molecule has 2 heterocycles. The standard InChI is InChI=1S/C14H21N3O2/c1-11-2-3-16-10-13(11)8-12(9-15)14(18)17-4-6-19-7-5-17/h2-3,10,12H,4-9,15H2,1H3. The van der Waals surface area contributed by atoms with Gasteiger partial charge in [0.2, 0.25) is 5.91 Å². The van der Waals surface area contributed by atoms with E-state index in [1.807, 2.05) is 24.1 Å². The molecule has 0 aromatic carbocycles. The van der Waals surface area contributed by atoms with Crippen molar-refractivity contribution in [2.24, 2.45) is 11.7 Å². The highest BCUT2D eigenvalue weighted by atomic mass is 16.5. The molecule has 0 radical (unpaired) electrons. The summed E-state index contributed by atoms with van der Waals surface area (Å²) in [6.07, 6.45) is 4.25. The van der Waals surface area contributed by atoms with E-state index in [1.54, 1.807) is 6.20 Å². The maximum atomic E-state index is 12.4. The summed E-state index contributed by atoms with van der Waals surface area (Å²) in [5.74, 6) is -0.0324. The summed E-state index contributed by atoms with van der Waals surface area (Å²) in [5.41, 5.74) is 8.03. The smallest absolute Gasteiger partial charge is 0.227 e. The topological polar surface area (TPSA) is 68.5 Å². The molecule has 0 bridgehead atoms. The van der Waals surface area contributed by atoms with E-state index in [9.17, 15) is 4.79 Å². The van der Waals surface area contributed by atoms with Gasteiger partial charge in [-0.05, 0) is 30.5 Å². The van der Waals surface area contributed by atoms with Gasteiger partial charge in [-0.3, -0.25) is 9.78 Å². The Hall–Kier alpha value is -1.46. The number of pyridine rings is 1. The predicted molar refractivity (Wildman–Crippen MR) is 72.6 cm³/mol. The van der Waals surface area contributed by atoms with E-state index in [2.05, 4.69) is 4.98 Å². The van der Waals surface area contributed by atoms with Gasteiger partial charge < -0.3 is 15.4 Å². The first-order valence-electron chi connectivity index (χ1n) is 6.68. The molecular formula is C14H21N3O2. The first-order valence-corrected chi connectivity index (χ1v) is 6.68. The third-order valence-electron chi connectivity index (χ3n) is 3.57. The van der Waals surface area contributed by atoms with Gasteiger partial charge in [-0.25, -0.2) is 0 Å². The zero-order chi connectivity index (χ0) is 13.7. The average Bonchev–Trinajstić information content (AvgIpc) is 2.47. The minimum atomic E-state index is -0.166. The number of amides is 1. The van der Waals surface area contributed by atoms with Crippen molar-refractivity contribution in [2.45, 2.75) is 13.3 Å². The number of ether oxygens (including phenoxy) is 1. The van der Waals surface area contributed by atoms with Crippen LogP contribution < -0.4 is 5.73 Å². The Morgan fingerprint density at radius 1 is 1.53 bits per heavy atom. The molecule has 19 heavy (non-hydrogen) atoms. The summed E-state index contributed by atoms with van der Waals surface area (Å²) >= 11 is 0. The number of carbonyl (C=O) groups excluding carboxylic acids is 1. The molecule has 1 aromatic rings. The SMILES string of the molecule is Cc1ccncc1CC(CN)C(=O)N1CCOCC1. The molecule has 0 aliphatic carbocycles. The Kier molecular flexibility index (Phi) is 4.87. The number of hydrogen-bond acceptors (Lipinski definition) is 4. The fourth-order valence-corrected chi connectivity index (χ4v) is 2.29. The van der Waals surface area contributed by atoms with E-state index < -0.39 is 0 Å². The van der Waals surface area contributed by atoms with Crippen LogP contribution in [0.1, 0.15) is 11.1 Å². The monoisotopic (exact) mass is 263 g/mol. The second kappa shape index (κ2) is 6.63. The van der Waals surface area contributed by atoms with Crippen LogP contribution in [0.15, 0.2) is 18.5 Å². The molecule has 5 nitrogen and oxygen atoms in total. The molecule has 0 saturated carbocycles. The summed E-state index contributed by atoms with van der Waals surface area (Å²) in [6, 6.07) is 1.96. The summed E-state index contributed by atoms with van der Waals surface area (Å²) in [6.45, 7) is 4.97. The Balaban J connectivity index is 2.03. The van der Waals surface area contributed by atoms with Gasteiger partial charge in [0.25, 0.3) is 0 Å². The van der Waals surface area contributed by atoms with Gasteiger partial charge in [0.15, 0.2) is 0 Å². The van der Waals surface area contributed by atoms with Crippen LogP contribution in [0.4, 0.5) is 0 Å². The second-order valence-electron chi connectivity index (χ2n) is 4.88. The van der Waals surface area contributed by atoms with Gasteiger partial charge in [0.05, 0.1) is 19.1 Å². The van der Waals surface area contributed by atoms with Gasteiger partial charge in [-0.1, -0.05) is 0 Å². The van der Waals surface area contributed by atoms with Crippen LogP contribution in [0.5, 0.6) is 0 Å². The molecule has 1 unspecified atom stereocenters. The summed E-state index contributed by atoms with van der Waals surface area (Å²) in [7, 11) is 0. The maximum Gasteiger partial charge on any atom is 0.227 e. The predicted octanol–water partition coefficient (Wildman–Crippen LogP) is 0.366. The molecule has 104 valence electrons. The highest BCUT2D eigenvalue weighted by molar-refractivity contribution is 5.79. The van der Waals surface area contributed by atoms with Gasteiger partial charge in [0.1, 0.15) is 0 Å². The summed E-state index contributed by atoms with van der Waals surface area (Å²) < 4.78 is 5.27. The Labute approximate surface area is 113 Å². The number of hydrogen-bond donors (Lipinski definition) is 1. The molecule has 5 heteroatoms. The Morgan fingerprint density at radius 3 is 2.89 bits per heavy atom. The molecule has 1 atom stereocenters. The lowest BCUT2D eigenvalue weighted by molar-refractivity contribution is -0.139. The molecule has 0 spiro atoms. The number of carbonyl (C=O) groups is 1. The van der Waals surface area contributed by atoms with Crippen LogP contribution in [0.2, 0.25) is 0 Å². The van der Waals surface area contributed by atoms with Gasteiger partial charge in [0, 0.05) is 32.0 Å². The van der Waals surface area contributed by atoms with Crippen molar-refractivity contribution in [3.8, 4) is 0 Å². The lowest BCUT2D eigenvalue weighted by atomic mass is 9.96. The van der Waals surface area contributed by atoms with Crippen molar-refractivity contribution in [2.75, 3.05) is 32.8 Å². The van der Waals surface area contributed by atoms with Crippen molar-refractivity contribution >= 4 is 5.91 Å². The first kappa shape index (κ1) is 14.0. The van der Waals surface area contributed by atoms with Crippen LogP contribution in [0.25, 0.3) is 0 Å². The van der Waals surface area contributed by atoms with E-state index in [0.717, 1.165) is 11.1 Å². The first-order chi connectivity index (χ1) is 9.22. The lowest BCUT2D eigenvalue weighted by Crippen LogP contribution is -2.46. The van der Waals surface area contributed by atoms with Crippen LogP contribution in [-0.4, -0.2) is 48.6 Å². The highest BCUT2D eigenvalue weighted by Crippen LogP contribution is 2.14. The average molecular weight is 263 g/mol. The van der Waals surface area contributed by atoms with Gasteiger partial charge in [-0.15, -0.1) is 0 Å². The lowest BCUT2D eigenvalue weighted by Gasteiger charge is -2.30. The van der Waals surface area contributed by atoms with Crippen molar-refractivity contribution in [3.05, 3.63) is 29.6 Å². The fourth-order valence-electron chi connectivity index (χ4n) is 2.29. The maximum absolute atomic E-state index is 12.4. The van der Waals surface area contributed by atoms with E-state index in [-0.39, 0.29) is 11.8 Å². The Bertz CT molecular complexity index is 430. The number of rotatable bonds is 4. The molecule has 1 aromatic heterocycles. The number of aromatic nitrogens is 1. The van der Waals surface area contributed by atoms with Crippen LogP contribution in [0.3, 0.4) is 0 Å². The Morgan fingerprint density at radius 2 is 2.26 bits per heavy atom. The van der Waals surface area contributed by atoms with Gasteiger partial charge >= 0.3 is 0 Å². The molecule has 1 fully saturated rings. The molecule has 2 rings (SSSR count). The summed E-state index contributed by atoms with van der Waals surface area (Å²) in [4.78, 5) is 18.4. The molecule has 1 aliphatic heterocycles. The fraction of sp³-hybridized carbons (Fsp3) is 0.571. The quantitative estimate of drug-likeness (QED) is 0.852. The minimum absolute atomic E-state index is 0.133. The molecule has 1 amide bonds. The van der Waals surface area contributed by atoms with Gasteiger partial charge in [-0.2, -0.15) is 0 Å². The highest BCUT2D eigenvalue weighted by Gasteiger charge is 2.25. The number of morpholine rings is 1. The number of nitrogens with zero attached hydrogens (tertiary/aromatic N) is 2. The van der Waals surface area contributed by atoms with E-state index in [0.29, 0.717) is 39.3 Å². The van der Waals surface area contributed by atoms with E-state index in [4.69, 9.17) is 10.5 Å². The van der Waals surface area contributed by atoms with Crippen LogP contribution in [0, 0.1) is 12.8 Å². The zero-order valence-electron chi connectivity index (χ0n) is 11.3. The zero-order valence-corrected chi connectivity index (χ0v) is 11.3. The van der Waals surface area contributed by atoms with E-state index >= 15 is 0 Å². The van der Waals surface area contributed by atoms with Crippen molar-refractivity contribution in [1.29, 1.82) is 0 Å². The van der Waals surface area contributed by atoms with Crippen molar-refractivity contribution < 1.29 is 9.53 Å². The molecule has 1 saturated heterocycles. The normalized spacial score (nSPS) is 17.3. The van der Waals surface area contributed by atoms with Crippen LogP contribution >= 0.6 is 0 Å². The number of aryl methyl sites for hydroxylation is 1. The molecular weight excluding hydrogens is 242 g/mol. The molecule has 2 N–H and O–H groups in total. The minimum Gasteiger partial charge on any atom is -0.378 e. The van der Waals surface area contributed by atoms with Crippen molar-refractivity contribution in [1.82, 2.24) is 9.88 Å².